The summed E-state index contributed by atoms with van der Waals surface area (Å²) < 4.78 is 16.3. The lowest BCUT2D eigenvalue weighted by molar-refractivity contribution is -0.143. The highest BCUT2D eigenvalue weighted by molar-refractivity contribution is 6.09. The van der Waals surface area contributed by atoms with Crippen LogP contribution in [0.2, 0.25) is 0 Å². The molecule has 3 amide bonds. The number of fused-ring (bicyclic) bond motifs is 1. The van der Waals surface area contributed by atoms with E-state index in [9.17, 15) is 19.2 Å². The monoisotopic (exact) mass is 657 g/mol. The lowest BCUT2D eigenvalue weighted by Gasteiger charge is -2.23. The molecular weight excluding hydrogens is 610 g/mol. The molecule has 10 nitrogen and oxygen atoms in total. The predicted molar refractivity (Wildman–Crippen MR) is 184 cm³/mol. The number of ether oxygens (including phenoxy) is 3. The van der Waals surface area contributed by atoms with Gasteiger partial charge in [0, 0.05) is 13.1 Å². The van der Waals surface area contributed by atoms with Gasteiger partial charge in [-0.1, -0.05) is 49.2 Å². The number of hydrogen-bond donors (Lipinski definition) is 1. The quantitative estimate of drug-likeness (QED) is 0.138. The zero-order chi connectivity index (χ0) is 34.5. The number of benzene rings is 3. The summed E-state index contributed by atoms with van der Waals surface area (Å²) in [6, 6.07) is 22.7. The maximum absolute atomic E-state index is 13.8. The summed E-state index contributed by atoms with van der Waals surface area (Å²) in [5.41, 5.74) is 2.34. The largest absolute Gasteiger partial charge is 0.466 e. The summed E-state index contributed by atoms with van der Waals surface area (Å²) in [5.74, 6) is 0.480. The van der Waals surface area contributed by atoms with E-state index in [-0.39, 0.29) is 44.5 Å². The molecule has 10 heteroatoms. The first-order valence-electron chi connectivity index (χ1n) is 16.7. The third-order valence-electron chi connectivity index (χ3n) is 7.69. The number of esters is 1. The van der Waals surface area contributed by atoms with Gasteiger partial charge in [-0.05, 0) is 94.5 Å². The van der Waals surface area contributed by atoms with Gasteiger partial charge in [-0.25, -0.2) is 4.79 Å². The molecule has 3 aromatic rings. The second-order valence-electron chi connectivity index (χ2n) is 12.8. The molecule has 3 aromatic carbocycles. The van der Waals surface area contributed by atoms with Gasteiger partial charge in [-0.2, -0.15) is 0 Å². The summed E-state index contributed by atoms with van der Waals surface area (Å²) in [4.78, 5) is 54.5. The first kappa shape index (κ1) is 36.0. The molecule has 0 fully saturated rings. The van der Waals surface area contributed by atoms with E-state index < -0.39 is 17.7 Å². The zero-order valence-corrected chi connectivity index (χ0v) is 28.5. The van der Waals surface area contributed by atoms with Crippen molar-refractivity contribution in [3.05, 3.63) is 89.5 Å². The van der Waals surface area contributed by atoms with Crippen molar-refractivity contribution in [1.29, 1.82) is 0 Å². The number of alkyl carbamates (subject to hydrolysis) is 1. The zero-order valence-electron chi connectivity index (χ0n) is 28.5. The Hall–Kier alpha value is -4.86. The number of rotatable bonds is 15. The number of anilines is 1. The van der Waals surface area contributed by atoms with Gasteiger partial charge in [0.25, 0.3) is 5.91 Å². The van der Waals surface area contributed by atoms with Crippen LogP contribution in [0.25, 0.3) is 0 Å². The van der Waals surface area contributed by atoms with Crippen LogP contribution >= 0.6 is 0 Å². The number of hydrogen-bond acceptors (Lipinski definition) is 7. The van der Waals surface area contributed by atoms with E-state index in [4.69, 9.17) is 14.2 Å². The molecule has 1 heterocycles. The Morgan fingerprint density at radius 3 is 2.25 bits per heavy atom. The van der Waals surface area contributed by atoms with Crippen LogP contribution in [0, 0.1) is 0 Å². The molecule has 0 spiro atoms. The Labute approximate surface area is 283 Å². The fraction of sp³-hybridized carbons (Fsp3) is 0.421. The van der Waals surface area contributed by atoms with E-state index in [2.05, 4.69) is 5.32 Å². The topological polar surface area (TPSA) is 114 Å². The molecule has 0 unspecified atom stereocenters. The highest BCUT2D eigenvalue weighted by Gasteiger charge is 2.32. The van der Waals surface area contributed by atoms with Gasteiger partial charge in [0.1, 0.15) is 23.6 Å². The van der Waals surface area contributed by atoms with E-state index in [1.165, 1.54) is 4.90 Å². The van der Waals surface area contributed by atoms with Crippen molar-refractivity contribution < 1.29 is 33.4 Å². The van der Waals surface area contributed by atoms with Crippen molar-refractivity contribution in [3.8, 4) is 11.5 Å². The molecule has 1 N–H and O–H groups in total. The van der Waals surface area contributed by atoms with Gasteiger partial charge in [-0.15, -0.1) is 0 Å². The number of carbonyl (C=O) groups is 4. The minimum Gasteiger partial charge on any atom is -0.466 e. The Bertz CT molecular complexity index is 1530. The number of carbonyl (C=O) groups excluding carboxylic acids is 4. The number of aryl methyl sites for hydroxylation is 1. The number of para-hydroxylation sites is 1. The Balaban J connectivity index is 1.43. The van der Waals surface area contributed by atoms with E-state index >= 15 is 0 Å². The fourth-order valence-electron chi connectivity index (χ4n) is 5.37. The first-order chi connectivity index (χ1) is 23.0. The van der Waals surface area contributed by atoms with Crippen LogP contribution in [0.1, 0.15) is 81.3 Å². The fourth-order valence-corrected chi connectivity index (χ4v) is 5.37. The number of unbranched alkanes of at least 4 members (excludes halogenated alkanes) is 3. The van der Waals surface area contributed by atoms with Gasteiger partial charge in [0.2, 0.25) is 5.91 Å². The van der Waals surface area contributed by atoms with Crippen molar-refractivity contribution in [2.45, 2.75) is 78.4 Å². The van der Waals surface area contributed by atoms with Crippen LogP contribution in [-0.2, 0) is 32.0 Å². The lowest BCUT2D eigenvalue weighted by Crippen LogP contribution is -2.40. The molecule has 48 heavy (non-hydrogen) atoms. The number of nitrogens with zero attached hydrogens (tertiary/aromatic N) is 2. The average Bonchev–Trinajstić information content (AvgIpc) is 3.14. The maximum atomic E-state index is 13.8. The van der Waals surface area contributed by atoms with Crippen molar-refractivity contribution in [2.24, 2.45) is 0 Å². The van der Waals surface area contributed by atoms with Crippen LogP contribution in [0.15, 0.2) is 72.8 Å². The van der Waals surface area contributed by atoms with Gasteiger partial charge in [-0.3, -0.25) is 14.4 Å². The van der Waals surface area contributed by atoms with Gasteiger partial charge in [0.05, 0.1) is 30.8 Å². The second-order valence-corrected chi connectivity index (χ2v) is 12.8. The highest BCUT2D eigenvalue weighted by Crippen LogP contribution is 2.30. The Morgan fingerprint density at radius 2 is 1.54 bits per heavy atom. The van der Waals surface area contributed by atoms with Crippen molar-refractivity contribution >= 4 is 29.6 Å². The van der Waals surface area contributed by atoms with Gasteiger partial charge < -0.3 is 29.3 Å². The molecule has 0 aromatic heterocycles. The van der Waals surface area contributed by atoms with Crippen LogP contribution in [0.3, 0.4) is 0 Å². The lowest BCUT2D eigenvalue weighted by atomic mass is 10.0. The van der Waals surface area contributed by atoms with Crippen molar-refractivity contribution in [1.82, 2.24) is 10.2 Å². The molecule has 4 rings (SSSR count). The Morgan fingerprint density at radius 1 is 0.854 bits per heavy atom. The summed E-state index contributed by atoms with van der Waals surface area (Å²) in [6.45, 7) is 8.25. The SMILES string of the molecule is CCOC(=O)CCN1CC(=O)N(Cc2ccc(Oc3ccccc3)cc2)c2ccc(CCCCCCNC(=O)OC(C)(C)C)cc2C1=O. The number of nitrogens with one attached hydrogen (secondary N) is 1. The molecule has 0 aliphatic carbocycles. The molecule has 0 radical (unpaired) electrons. The maximum Gasteiger partial charge on any atom is 0.407 e. The summed E-state index contributed by atoms with van der Waals surface area (Å²) in [5, 5.41) is 2.79. The highest BCUT2D eigenvalue weighted by atomic mass is 16.6. The summed E-state index contributed by atoms with van der Waals surface area (Å²) in [7, 11) is 0. The Kier molecular flexibility index (Phi) is 13.0. The average molecular weight is 658 g/mol. The van der Waals surface area contributed by atoms with E-state index in [1.807, 2.05) is 93.6 Å². The van der Waals surface area contributed by atoms with Crippen LogP contribution in [0.4, 0.5) is 10.5 Å². The molecular formula is C38H47N3O7. The van der Waals surface area contributed by atoms with E-state index in [0.29, 0.717) is 23.5 Å². The second kappa shape index (κ2) is 17.3. The minimum atomic E-state index is -0.523. The van der Waals surface area contributed by atoms with Gasteiger partial charge >= 0.3 is 12.1 Å². The standard InChI is InChI=1S/C38H47N3O7/c1-5-46-35(43)22-24-40-27-34(42)41(26-29-16-19-31(20-17-29)47-30-14-10-8-11-15-30)33-21-18-28(25-32(33)36(40)44)13-9-6-7-12-23-39-37(45)48-38(2,3)4/h8,10-11,14-21,25H,5-7,9,12-13,22-24,26-27H2,1-4H3,(H,39,45). The molecule has 256 valence electrons. The smallest absolute Gasteiger partial charge is 0.407 e. The van der Waals surface area contributed by atoms with E-state index in [1.54, 1.807) is 11.8 Å². The summed E-state index contributed by atoms with van der Waals surface area (Å²) in [6.07, 6.45) is 4.02. The summed E-state index contributed by atoms with van der Waals surface area (Å²) >= 11 is 0. The van der Waals surface area contributed by atoms with Crippen molar-refractivity contribution in [3.63, 3.8) is 0 Å². The third-order valence-corrected chi connectivity index (χ3v) is 7.69. The molecule has 0 saturated carbocycles. The minimum absolute atomic E-state index is 0.00749. The van der Waals surface area contributed by atoms with Crippen LogP contribution < -0.4 is 15.0 Å². The number of amides is 3. The molecule has 0 atom stereocenters. The first-order valence-corrected chi connectivity index (χ1v) is 16.7. The molecule has 1 aliphatic rings. The van der Waals surface area contributed by atoms with Gasteiger partial charge in [0.15, 0.2) is 0 Å². The molecule has 1 aliphatic heterocycles. The molecule has 0 bridgehead atoms. The molecule has 0 saturated heterocycles. The van der Waals surface area contributed by atoms with Crippen LogP contribution in [0.5, 0.6) is 11.5 Å². The predicted octanol–water partition coefficient (Wildman–Crippen LogP) is 7.05. The van der Waals surface area contributed by atoms with E-state index in [0.717, 1.165) is 49.0 Å². The van der Waals surface area contributed by atoms with Crippen molar-refractivity contribution in [2.75, 3.05) is 31.1 Å². The normalized spacial score (nSPS) is 13.1. The third kappa shape index (κ3) is 11.1. The van der Waals surface area contributed by atoms with Crippen LogP contribution in [-0.4, -0.2) is 60.6 Å².